The van der Waals surface area contributed by atoms with Crippen molar-refractivity contribution in [2.75, 3.05) is 29.5 Å². The second-order valence-corrected chi connectivity index (χ2v) is 7.32. The molecule has 2 rings (SSSR count). The monoisotopic (exact) mass is 333 g/mol. The van der Waals surface area contributed by atoms with Crippen molar-refractivity contribution in [1.29, 1.82) is 0 Å². The lowest BCUT2D eigenvalue weighted by atomic mass is 10.1. The highest BCUT2D eigenvalue weighted by atomic mass is 79.9. The number of aromatic carboxylic acids is 1. The molecule has 1 heterocycles. The van der Waals surface area contributed by atoms with Crippen LogP contribution in [-0.2, 0) is 9.84 Å². The summed E-state index contributed by atoms with van der Waals surface area (Å²) in [6, 6.07) is 4.98. The fraction of sp³-hybridized carbons (Fsp3) is 0.364. The number of rotatable bonds is 2. The van der Waals surface area contributed by atoms with Crippen LogP contribution in [0.2, 0.25) is 0 Å². The molecule has 1 aliphatic heterocycles. The molecule has 1 fully saturated rings. The minimum Gasteiger partial charge on any atom is -0.478 e. The molecule has 1 N–H and O–H groups in total. The summed E-state index contributed by atoms with van der Waals surface area (Å²) >= 11 is 3.23. The predicted octanol–water partition coefficient (Wildman–Crippen LogP) is 1.38. The molecule has 0 aromatic heterocycles. The van der Waals surface area contributed by atoms with Crippen molar-refractivity contribution in [3.63, 3.8) is 0 Å². The number of hydrogen-bond acceptors (Lipinski definition) is 4. The van der Waals surface area contributed by atoms with E-state index in [2.05, 4.69) is 15.9 Å². The predicted molar refractivity (Wildman–Crippen MR) is 72.0 cm³/mol. The Bertz CT molecular complexity index is 571. The smallest absolute Gasteiger partial charge is 0.337 e. The number of sulfone groups is 1. The van der Waals surface area contributed by atoms with Gasteiger partial charge < -0.3 is 10.0 Å². The first kappa shape index (κ1) is 13.4. The van der Waals surface area contributed by atoms with Gasteiger partial charge in [0, 0.05) is 17.6 Å². The number of carbonyl (C=O) groups is 1. The molecule has 0 saturated carbocycles. The number of carboxylic acids is 1. The molecule has 1 saturated heterocycles. The van der Waals surface area contributed by atoms with Crippen molar-refractivity contribution < 1.29 is 18.3 Å². The molecule has 5 nitrogen and oxygen atoms in total. The van der Waals surface area contributed by atoms with Crippen molar-refractivity contribution in [2.45, 2.75) is 0 Å². The minimum absolute atomic E-state index is 0.0716. The molecule has 1 aromatic carbocycles. The van der Waals surface area contributed by atoms with Gasteiger partial charge in [-0.25, -0.2) is 13.2 Å². The van der Waals surface area contributed by atoms with E-state index in [1.54, 1.807) is 17.0 Å². The number of hydrogen-bond donors (Lipinski definition) is 1. The zero-order valence-corrected chi connectivity index (χ0v) is 11.9. The third kappa shape index (κ3) is 2.84. The Labute approximate surface area is 113 Å². The van der Waals surface area contributed by atoms with E-state index >= 15 is 0 Å². The lowest BCUT2D eigenvalue weighted by Gasteiger charge is -2.29. The van der Waals surface area contributed by atoms with Crippen LogP contribution in [-0.4, -0.2) is 44.1 Å². The highest BCUT2D eigenvalue weighted by Crippen LogP contribution is 2.26. The molecular weight excluding hydrogens is 322 g/mol. The first-order chi connectivity index (χ1) is 8.39. The molecule has 0 unspecified atom stereocenters. The third-order valence-electron chi connectivity index (χ3n) is 2.87. The summed E-state index contributed by atoms with van der Waals surface area (Å²) < 4.78 is 23.4. The fourth-order valence-corrected chi connectivity index (χ4v) is 3.47. The van der Waals surface area contributed by atoms with Crippen LogP contribution in [0.4, 0.5) is 5.69 Å². The maximum Gasteiger partial charge on any atom is 0.337 e. The molecule has 1 aliphatic rings. The van der Waals surface area contributed by atoms with Gasteiger partial charge in [-0.3, -0.25) is 0 Å². The van der Waals surface area contributed by atoms with Crippen LogP contribution in [0.15, 0.2) is 22.7 Å². The van der Waals surface area contributed by atoms with Crippen molar-refractivity contribution in [1.82, 2.24) is 0 Å². The van der Waals surface area contributed by atoms with E-state index in [1.807, 2.05) is 0 Å². The van der Waals surface area contributed by atoms with E-state index < -0.39 is 15.8 Å². The van der Waals surface area contributed by atoms with Gasteiger partial charge in [-0.2, -0.15) is 0 Å². The van der Waals surface area contributed by atoms with E-state index in [4.69, 9.17) is 5.11 Å². The fourth-order valence-electron chi connectivity index (χ4n) is 1.91. The summed E-state index contributed by atoms with van der Waals surface area (Å²) in [5.41, 5.74) is 0.754. The van der Waals surface area contributed by atoms with Gasteiger partial charge in [-0.15, -0.1) is 0 Å². The van der Waals surface area contributed by atoms with E-state index in [9.17, 15) is 13.2 Å². The number of carboxylic acid groups (broad SMARTS) is 1. The number of benzene rings is 1. The Morgan fingerprint density at radius 2 is 1.89 bits per heavy atom. The van der Waals surface area contributed by atoms with Gasteiger partial charge >= 0.3 is 5.97 Å². The molecule has 0 spiro atoms. The summed E-state index contributed by atoms with van der Waals surface area (Å²) in [4.78, 5) is 13.0. The van der Waals surface area contributed by atoms with Gasteiger partial charge in [0.1, 0.15) is 0 Å². The Morgan fingerprint density at radius 1 is 1.28 bits per heavy atom. The van der Waals surface area contributed by atoms with Crippen molar-refractivity contribution >= 4 is 37.4 Å². The second kappa shape index (κ2) is 4.89. The van der Waals surface area contributed by atoms with Gasteiger partial charge in [0.15, 0.2) is 9.84 Å². The summed E-state index contributed by atoms with van der Waals surface area (Å²) in [7, 11) is -2.96. The van der Waals surface area contributed by atoms with Crippen LogP contribution in [0.3, 0.4) is 0 Å². The average molecular weight is 334 g/mol. The van der Waals surface area contributed by atoms with Crippen LogP contribution >= 0.6 is 15.9 Å². The summed E-state index contributed by atoms with van der Waals surface area (Å²) in [5, 5.41) is 9.16. The molecule has 0 radical (unpaired) electrons. The zero-order valence-electron chi connectivity index (χ0n) is 9.47. The van der Waals surface area contributed by atoms with Crippen LogP contribution in [0, 0.1) is 0 Å². The summed E-state index contributed by atoms with van der Waals surface area (Å²) in [6.07, 6.45) is 0. The van der Waals surface area contributed by atoms with E-state index in [-0.39, 0.29) is 17.1 Å². The molecule has 98 valence electrons. The summed E-state index contributed by atoms with van der Waals surface area (Å²) in [5.74, 6) is -0.871. The van der Waals surface area contributed by atoms with E-state index in [0.29, 0.717) is 23.2 Å². The topological polar surface area (TPSA) is 74.7 Å². The van der Waals surface area contributed by atoms with Crippen LogP contribution in [0.5, 0.6) is 0 Å². The van der Waals surface area contributed by atoms with Crippen LogP contribution in [0.25, 0.3) is 0 Å². The largest absolute Gasteiger partial charge is 0.478 e. The van der Waals surface area contributed by atoms with Gasteiger partial charge in [-0.1, -0.05) is 15.9 Å². The maximum atomic E-state index is 11.3. The van der Waals surface area contributed by atoms with Crippen LogP contribution in [0.1, 0.15) is 10.4 Å². The van der Waals surface area contributed by atoms with E-state index in [0.717, 1.165) is 0 Å². The van der Waals surface area contributed by atoms with E-state index in [1.165, 1.54) is 6.07 Å². The van der Waals surface area contributed by atoms with Gasteiger partial charge in [-0.05, 0) is 18.2 Å². The average Bonchev–Trinajstić information content (AvgIpc) is 2.29. The normalized spacial score (nSPS) is 18.6. The molecule has 0 atom stereocenters. The molecule has 18 heavy (non-hydrogen) atoms. The SMILES string of the molecule is O=C(O)c1cc(Br)ccc1N1CCS(=O)(=O)CC1. The standard InChI is InChI=1S/C11H12BrNO4S/c12-8-1-2-10(9(7-8)11(14)15)13-3-5-18(16,17)6-4-13/h1-2,7H,3-6H2,(H,14,15). The lowest BCUT2D eigenvalue weighted by molar-refractivity contribution is 0.0697. The zero-order chi connectivity index (χ0) is 13.3. The molecule has 1 aromatic rings. The first-order valence-electron chi connectivity index (χ1n) is 5.37. The lowest BCUT2D eigenvalue weighted by Crippen LogP contribution is -2.40. The van der Waals surface area contributed by atoms with Gasteiger partial charge in [0.05, 0.1) is 22.8 Å². The molecule has 7 heteroatoms. The first-order valence-corrected chi connectivity index (χ1v) is 7.99. The van der Waals surface area contributed by atoms with Crippen molar-refractivity contribution in [3.8, 4) is 0 Å². The van der Waals surface area contributed by atoms with Gasteiger partial charge in [0.25, 0.3) is 0 Å². The number of halogens is 1. The highest BCUT2D eigenvalue weighted by molar-refractivity contribution is 9.10. The maximum absolute atomic E-state index is 11.3. The number of nitrogens with zero attached hydrogens (tertiary/aromatic N) is 1. The molecule has 0 amide bonds. The Balaban J connectivity index is 2.32. The molecule has 0 bridgehead atoms. The highest BCUT2D eigenvalue weighted by Gasteiger charge is 2.24. The van der Waals surface area contributed by atoms with Crippen LogP contribution < -0.4 is 4.90 Å². The molecular formula is C11H12BrNO4S. The van der Waals surface area contributed by atoms with Crippen molar-refractivity contribution in [2.24, 2.45) is 0 Å². The Kier molecular flexibility index (Phi) is 3.63. The van der Waals surface area contributed by atoms with Crippen molar-refractivity contribution in [3.05, 3.63) is 28.2 Å². The second-order valence-electron chi connectivity index (χ2n) is 4.11. The quantitative estimate of drug-likeness (QED) is 0.884. The Morgan fingerprint density at radius 3 is 2.44 bits per heavy atom. The summed E-state index contributed by atoms with van der Waals surface area (Å²) in [6.45, 7) is 0.675. The minimum atomic E-state index is -2.96. The number of anilines is 1. The molecule has 0 aliphatic carbocycles. The Hall–Kier alpha value is -1.08. The van der Waals surface area contributed by atoms with Gasteiger partial charge in [0.2, 0.25) is 0 Å². The third-order valence-corrected chi connectivity index (χ3v) is 4.98.